The van der Waals surface area contributed by atoms with E-state index in [2.05, 4.69) is 9.71 Å². The molecular formula is C10H8ClN3O3S. The van der Waals surface area contributed by atoms with Gasteiger partial charge < -0.3 is 5.21 Å². The predicted molar refractivity (Wildman–Crippen MR) is 65.5 cm³/mol. The van der Waals surface area contributed by atoms with Crippen molar-refractivity contribution in [2.45, 2.75) is 5.03 Å². The second-order valence-corrected chi connectivity index (χ2v) is 5.30. The molecule has 0 aromatic carbocycles. The first-order valence-electron chi connectivity index (χ1n) is 4.82. The Hall–Kier alpha value is -1.86. The van der Waals surface area contributed by atoms with Gasteiger partial charge in [-0.25, -0.2) is 4.98 Å². The molecule has 0 unspecified atom stereocenters. The first kappa shape index (κ1) is 12.6. The molecule has 0 atom stereocenters. The van der Waals surface area contributed by atoms with Crippen LogP contribution in [-0.2, 0) is 10.0 Å². The van der Waals surface area contributed by atoms with Gasteiger partial charge >= 0.3 is 15.0 Å². The van der Waals surface area contributed by atoms with E-state index in [0.717, 1.165) is 6.20 Å². The van der Waals surface area contributed by atoms with E-state index in [1.807, 2.05) is 0 Å². The summed E-state index contributed by atoms with van der Waals surface area (Å²) in [6.45, 7) is 0. The number of aromatic nitrogens is 2. The lowest BCUT2D eigenvalue weighted by Crippen LogP contribution is -2.35. The maximum Gasteiger partial charge on any atom is 0.328 e. The zero-order valence-electron chi connectivity index (χ0n) is 8.95. The van der Waals surface area contributed by atoms with Gasteiger partial charge in [0.05, 0.1) is 5.69 Å². The molecule has 0 spiro atoms. The largest absolute Gasteiger partial charge is 0.618 e. The van der Waals surface area contributed by atoms with E-state index in [9.17, 15) is 13.6 Å². The standard InChI is InChI=1S/C10H8ClN3O3S/c11-10-8(4-3-6-12-10)13-18(16,17)9-5-1-2-7-14(9)15/h1-7,13H. The molecule has 0 saturated heterocycles. The Morgan fingerprint density at radius 1 is 1.28 bits per heavy atom. The van der Waals surface area contributed by atoms with E-state index in [1.54, 1.807) is 0 Å². The summed E-state index contributed by atoms with van der Waals surface area (Å²) in [6.07, 6.45) is 2.52. The lowest BCUT2D eigenvalue weighted by Gasteiger charge is -2.08. The molecule has 0 radical (unpaired) electrons. The molecule has 0 aliphatic heterocycles. The molecule has 2 rings (SSSR count). The Morgan fingerprint density at radius 3 is 2.72 bits per heavy atom. The molecule has 0 aliphatic carbocycles. The molecule has 0 saturated carbocycles. The molecule has 0 bridgehead atoms. The molecule has 6 nitrogen and oxygen atoms in total. The van der Waals surface area contributed by atoms with Gasteiger partial charge in [-0.15, -0.1) is 0 Å². The number of pyridine rings is 2. The van der Waals surface area contributed by atoms with Gasteiger partial charge in [0.25, 0.3) is 0 Å². The van der Waals surface area contributed by atoms with E-state index in [4.69, 9.17) is 11.6 Å². The van der Waals surface area contributed by atoms with Gasteiger partial charge in [-0.05, 0) is 18.2 Å². The number of hydrogen-bond acceptors (Lipinski definition) is 4. The summed E-state index contributed by atoms with van der Waals surface area (Å²) in [5.74, 6) is 0. The summed E-state index contributed by atoms with van der Waals surface area (Å²) < 4.78 is 26.4. The fourth-order valence-electron chi connectivity index (χ4n) is 1.28. The third-order valence-electron chi connectivity index (χ3n) is 2.07. The van der Waals surface area contributed by atoms with Crippen molar-refractivity contribution in [3.8, 4) is 0 Å². The average molecular weight is 286 g/mol. The zero-order valence-corrected chi connectivity index (χ0v) is 10.5. The molecule has 0 amide bonds. The second-order valence-electron chi connectivity index (χ2n) is 3.31. The summed E-state index contributed by atoms with van der Waals surface area (Å²) in [5.41, 5.74) is 0.114. The molecular weight excluding hydrogens is 278 g/mol. The summed E-state index contributed by atoms with van der Waals surface area (Å²) in [7, 11) is -3.99. The molecule has 2 aromatic rings. The van der Waals surface area contributed by atoms with Crippen molar-refractivity contribution in [1.29, 1.82) is 0 Å². The SMILES string of the molecule is O=S(=O)(Nc1cccnc1Cl)c1cccc[n+]1[O-]. The summed E-state index contributed by atoms with van der Waals surface area (Å²) >= 11 is 5.73. The number of nitrogens with one attached hydrogen (secondary N) is 1. The van der Waals surface area contributed by atoms with Crippen LogP contribution in [0.5, 0.6) is 0 Å². The highest BCUT2D eigenvalue weighted by Gasteiger charge is 2.23. The minimum Gasteiger partial charge on any atom is -0.618 e. The monoisotopic (exact) mass is 285 g/mol. The summed E-state index contributed by atoms with van der Waals surface area (Å²) in [5, 5.41) is 11.0. The van der Waals surface area contributed by atoms with E-state index >= 15 is 0 Å². The summed E-state index contributed by atoms with van der Waals surface area (Å²) in [6, 6.07) is 7.06. The number of nitrogens with zero attached hydrogens (tertiary/aromatic N) is 2. The van der Waals surface area contributed by atoms with E-state index in [0.29, 0.717) is 0 Å². The van der Waals surface area contributed by atoms with Crippen molar-refractivity contribution < 1.29 is 13.1 Å². The van der Waals surface area contributed by atoms with Crippen LogP contribution in [0.3, 0.4) is 0 Å². The number of anilines is 1. The van der Waals surface area contributed by atoms with Crippen LogP contribution < -0.4 is 9.45 Å². The zero-order chi connectivity index (χ0) is 13.2. The lowest BCUT2D eigenvalue weighted by atomic mass is 10.4. The van der Waals surface area contributed by atoms with Gasteiger partial charge in [-0.3, -0.25) is 4.72 Å². The Bertz CT molecular complexity index is 676. The van der Waals surface area contributed by atoms with Crippen LogP contribution in [0.4, 0.5) is 5.69 Å². The average Bonchev–Trinajstić information content (AvgIpc) is 2.32. The van der Waals surface area contributed by atoms with Gasteiger partial charge in [-0.2, -0.15) is 13.1 Å². The van der Waals surface area contributed by atoms with E-state index in [1.165, 1.54) is 36.5 Å². The van der Waals surface area contributed by atoms with Crippen molar-refractivity contribution in [2.24, 2.45) is 0 Å². The predicted octanol–water partition coefficient (Wildman–Crippen LogP) is 1.17. The Morgan fingerprint density at radius 2 is 2.06 bits per heavy atom. The number of halogens is 1. The fourth-order valence-corrected chi connectivity index (χ4v) is 2.62. The molecule has 1 N–H and O–H groups in total. The van der Waals surface area contributed by atoms with Crippen molar-refractivity contribution >= 4 is 27.3 Å². The van der Waals surface area contributed by atoms with Crippen LogP contribution in [0, 0.1) is 5.21 Å². The van der Waals surface area contributed by atoms with E-state index in [-0.39, 0.29) is 15.6 Å². The van der Waals surface area contributed by atoms with Crippen LogP contribution in [0.25, 0.3) is 0 Å². The van der Waals surface area contributed by atoms with Gasteiger partial charge in [0.1, 0.15) is 0 Å². The maximum atomic E-state index is 12.0. The highest BCUT2D eigenvalue weighted by Crippen LogP contribution is 2.20. The second kappa shape index (κ2) is 4.79. The first-order chi connectivity index (χ1) is 8.50. The first-order valence-corrected chi connectivity index (χ1v) is 6.68. The van der Waals surface area contributed by atoms with Crippen molar-refractivity contribution in [3.63, 3.8) is 0 Å². The van der Waals surface area contributed by atoms with Crippen LogP contribution in [0.15, 0.2) is 47.8 Å². The number of rotatable bonds is 3. The van der Waals surface area contributed by atoms with Crippen LogP contribution in [-0.4, -0.2) is 13.4 Å². The van der Waals surface area contributed by atoms with Gasteiger partial charge in [0, 0.05) is 18.3 Å². The summed E-state index contributed by atoms with van der Waals surface area (Å²) in [4.78, 5) is 3.73. The van der Waals surface area contributed by atoms with Crippen LogP contribution >= 0.6 is 11.6 Å². The van der Waals surface area contributed by atoms with Crippen molar-refractivity contribution in [3.05, 3.63) is 53.1 Å². The van der Waals surface area contributed by atoms with Crippen LogP contribution in [0.2, 0.25) is 5.15 Å². The quantitative estimate of drug-likeness (QED) is 0.521. The molecule has 0 aliphatic rings. The Kier molecular flexibility index (Phi) is 3.35. The third-order valence-corrected chi connectivity index (χ3v) is 3.72. The van der Waals surface area contributed by atoms with Crippen LogP contribution in [0.1, 0.15) is 0 Å². The lowest BCUT2D eigenvalue weighted by molar-refractivity contribution is -0.646. The molecule has 8 heteroatoms. The topological polar surface area (TPSA) is 86.0 Å². The minimum atomic E-state index is -3.99. The molecule has 2 heterocycles. The van der Waals surface area contributed by atoms with E-state index < -0.39 is 15.0 Å². The third kappa shape index (κ3) is 2.52. The fraction of sp³-hybridized carbons (Fsp3) is 0. The van der Waals surface area contributed by atoms with Gasteiger partial charge in [0.2, 0.25) is 0 Å². The molecule has 94 valence electrons. The Labute approximate surface area is 108 Å². The van der Waals surface area contributed by atoms with Gasteiger partial charge in [0.15, 0.2) is 11.3 Å². The number of sulfonamides is 1. The minimum absolute atomic E-state index is 0.00875. The number of hydrogen-bond donors (Lipinski definition) is 1. The highest BCUT2D eigenvalue weighted by atomic mass is 35.5. The van der Waals surface area contributed by atoms with Crippen molar-refractivity contribution in [2.75, 3.05) is 4.72 Å². The smallest absolute Gasteiger partial charge is 0.328 e. The normalized spacial score (nSPS) is 11.2. The molecule has 2 aromatic heterocycles. The maximum absolute atomic E-state index is 12.0. The van der Waals surface area contributed by atoms with Crippen molar-refractivity contribution in [1.82, 2.24) is 4.98 Å². The molecule has 0 fully saturated rings. The highest BCUT2D eigenvalue weighted by molar-refractivity contribution is 7.92. The molecule has 18 heavy (non-hydrogen) atoms. The Balaban J connectivity index is 2.40. The van der Waals surface area contributed by atoms with Gasteiger partial charge in [-0.1, -0.05) is 11.6 Å².